The van der Waals surface area contributed by atoms with Gasteiger partial charge in [0, 0.05) is 11.4 Å². The molecule has 18 heavy (non-hydrogen) atoms. The highest BCUT2D eigenvalue weighted by Crippen LogP contribution is 2.24. The Hall–Kier alpha value is -1.40. The van der Waals surface area contributed by atoms with Crippen LogP contribution in [0.4, 0.5) is 0 Å². The lowest BCUT2D eigenvalue weighted by atomic mass is 10.1. The van der Waals surface area contributed by atoms with E-state index in [0.717, 1.165) is 4.88 Å². The maximum absolute atomic E-state index is 12.3. The summed E-state index contributed by atoms with van der Waals surface area (Å²) in [6.45, 7) is 2.61. The molecular formula is C12H15NO4S. The van der Waals surface area contributed by atoms with Gasteiger partial charge in [0.25, 0.3) is 0 Å². The fourth-order valence-electron chi connectivity index (χ4n) is 1.98. The quantitative estimate of drug-likeness (QED) is 0.894. The highest BCUT2D eigenvalue weighted by Gasteiger charge is 2.35. The van der Waals surface area contributed by atoms with Crippen LogP contribution >= 0.6 is 11.3 Å². The van der Waals surface area contributed by atoms with Crippen molar-refractivity contribution in [2.45, 2.75) is 18.9 Å². The van der Waals surface area contributed by atoms with Crippen LogP contribution in [0.5, 0.6) is 0 Å². The fraction of sp³-hybridized carbons (Fsp3) is 0.500. The molecule has 1 fully saturated rings. The van der Waals surface area contributed by atoms with E-state index in [-0.39, 0.29) is 18.4 Å². The number of aliphatic carboxylic acids is 1. The second-order valence-electron chi connectivity index (χ2n) is 4.20. The van der Waals surface area contributed by atoms with E-state index in [9.17, 15) is 9.59 Å². The summed E-state index contributed by atoms with van der Waals surface area (Å²) in [6, 6.07) is 2.91. The van der Waals surface area contributed by atoms with Crippen molar-refractivity contribution < 1.29 is 19.4 Å². The van der Waals surface area contributed by atoms with Crippen molar-refractivity contribution in [1.82, 2.24) is 4.90 Å². The standard InChI is InChI=1S/C12H15NO4S/c1-8(10-3-2-6-18-10)11(14)13-4-5-17-7-9(13)12(15)16/h2-3,6,8-9H,4-5,7H2,1H3,(H,15,16)/t8-,9+/m0/s1. The Morgan fingerprint density at radius 3 is 3.00 bits per heavy atom. The Morgan fingerprint density at radius 1 is 1.61 bits per heavy atom. The Balaban J connectivity index is 2.13. The van der Waals surface area contributed by atoms with Crippen molar-refractivity contribution in [2.24, 2.45) is 0 Å². The number of hydrogen-bond acceptors (Lipinski definition) is 4. The lowest BCUT2D eigenvalue weighted by molar-refractivity contribution is -0.158. The highest BCUT2D eigenvalue weighted by atomic mass is 32.1. The third kappa shape index (κ3) is 2.54. The summed E-state index contributed by atoms with van der Waals surface area (Å²) in [6.07, 6.45) is 0. The van der Waals surface area contributed by atoms with E-state index in [1.54, 1.807) is 0 Å². The van der Waals surface area contributed by atoms with Crippen molar-refractivity contribution in [1.29, 1.82) is 0 Å². The van der Waals surface area contributed by atoms with Crippen LogP contribution in [0.1, 0.15) is 17.7 Å². The molecule has 0 unspecified atom stereocenters. The van der Waals surface area contributed by atoms with Gasteiger partial charge in [-0.2, -0.15) is 0 Å². The molecule has 1 amide bonds. The second-order valence-corrected chi connectivity index (χ2v) is 5.18. The van der Waals surface area contributed by atoms with Crippen LogP contribution in [-0.2, 0) is 14.3 Å². The molecule has 0 bridgehead atoms. The average molecular weight is 269 g/mol. The molecule has 98 valence electrons. The zero-order valence-corrected chi connectivity index (χ0v) is 10.9. The predicted molar refractivity (Wildman–Crippen MR) is 66.7 cm³/mol. The fourth-order valence-corrected chi connectivity index (χ4v) is 2.76. The lowest BCUT2D eigenvalue weighted by Gasteiger charge is -2.34. The van der Waals surface area contributed by atoms with Gasteiger partial charge in [0.2, 0.25) is 5.91 Å². The van der Waals surface area contributed by atoms with Crippen LogP contribution < -0.4 is 0 Å². The minimum Gasteiger partial charge on any atom is -0.480 e. The number of carbonyl (C=O) groups is 2. The topological polar surface area (TPSA) is 66.8 Å². The molecule has 5 nitrogen and oxygen atoms in total. The number of carboxylic acid groups (broad SMARTS) is 1. The summed E-state index contributed by atoms with van der Waals surface area (Å²) in [5.74, 6) is -1.46. The predicted octanol–water partition coefficient (Wildman–Crippen LogP) is 1.16. The summed E-state index contributed by atoms with van der Waals surface area (Å²) < 4.78 is 5.12. The first kappa shape index (κ1) is 13.0. The van der Waals surface area contributed by atoms with E-state index >= 15 is 0 Å². The van der Waals surface area contributed by atoms with E-state index in [4.69, 9.17) is 9.84 Å². The minimum absolute atomic E-state index is 0.0677. The number of rotatable bonds is 3. The number of thiophene rings is 1. The van der Waals surface area contributed by atoms with Crippen molar-refractivity contribution in [2.75, 3.05) is 19.8 Å². The molecule has 1 aromatic heterocycles. The van der Waals surface area contributed by atoms with Crippen LogP contribution in [0.3, 0.4) is 0 Å². The maximum Gasteiger partial charge on any atom is 0.328 e. The molecule has 2 rings (SSSR count). The third-order valence-electron chi connectivity index (χ3n) is 3.04. The average Bonchev–Trinajstić information content (AvgIpc) is 2.90. The van der Waals surface area contributed by atoms with Gasteiger partial charge in [0.1, 0.15) is 0 Å². The Morgan fingerprint density at radius 2 is 2.39 bits per heavy atom. The first-order valence-corrected chi connectivity index (χ1v) is 6.63. The van der Waals surface area contributed by atoms with Crippen LogP contribution in [0, 0.1) is 0 Å². The zero-order valence-electron chi connectivity index (χ0n) is 10.0. The summed E-state index contributed by atoms with van der Waals surface area (Å²) in [5, 5.41) is 11.0. The van der Waals surface area contributed by atoms with Crippen molar-refractivity contribution in [3.05, 3.63) is 22.4 Å². The van der Waals surface area contributed by atoms with Crippen molar-refractivity contribution in [3.63, 3.8) is 0 Å². The van der Waals surface area contributed by atoms with Gasteiger partial charge in [-0.05, 0) is 18.4 Å². The smallest absolute Gasteiger partial charge is 0.328 e. The second kappa shape index (κ2) is 5.49. The summed E-state index contributed by atoms with van der Waals surface area (Å²) >= 11 is 1.51. The van der Waals surface area contributed by atoms with Gasteiger partial charge in [0.05, 0.1) is 19.1 Å². The highest BCUT2D eigenvalue weighted by molar-refractivity contribution is 7.10. The first-order valence-electron chi connectivity index (χ1n) is 5.75. The van der Waals surface area contributed by atoms with Gasteiger partial charge in [-0.3, -0.25) is 4.79 Å². The molecule has 0 aliphatic carbocycles. The molecule has 2 heterocycles. The van der Waals surface area contributed by atoms with Crippen molar-refractivity contribution in [3.8, 4) is 0 Å². The molecule has 1 aliphatic rings. The largest absolute Gasteiger partial charge is 0.480 e. The molecule has 1 saturated heterocycles. The molecule has 0 saturated carbocycles. The van der Waals surface area contributed by atoms with E-state index in [1.165, 1.54) is 16.2 Å². The number of morpholine rings is 1. The van der Waals surface area contributed by atoms with Gasteiger partial charge in [-0.1, -0.05) is 6.07 Å². The van der Waals surface area contributed by atoms with E-state index in [1.807, 2.05) is 24.4 Å². The number of carbonyl (C=O) groups excluding carboxylic acids is 1. The molecule has 6 heteroatoms. The van der Waals surface area contributed by atoms with Crippen LogP contribution in [0.2, 0.25) is 0 Å². The molecule has 0 radical (unpaired) electrons. The van der Waals surface area contributed by atoms with Gasteiger partial charge < -0.3 is 14.7 Å². The zero-order chi connectivity index (χ0) is 13.1. The molecule has 1 aromatic rings. The van der Waals surface area contributed by atoms with E-state index in [2.05, 4.69) is 0 Å². The molecule has 0 spiro atoms. The normalized spacial score (nSPS) is 21.6. The number of nitrogens with zero attached hydrogens (tertiary/aromatic N) is 1. The minimum atomic E-state index is -1.01. The molecule has 1 N–H and O–H groups in total. The van der Waals surface area contributed by atoms with Crippen LogP contribution in [0.25, 0.3) is 0 Å². The van der Waals surface area contributed by atoms with Gasteiger partial charge in [0.15, 0.2) is 6.04 Å². The lowest BCUT2D eigenvalue weighted by Crippen LogP contribution is -2.53. The number of carboxylic acids is 1. The van der Waals surface area contributed by atoms with E-state index in [0.29, 0.717) is 13.2 Å². The molecule has 2 atom stereocenters. The molecular weight excluding hydrogens is 254 g/mol. The summed E-state index contributed by atoms with van der Waals surface area (Å²) in [7, 11) is 0. The van der Waals surface area contributed by atoms with Gasteiger partial charge >= 0.3 is 5.97 Å². The molecule has 1 aliphatic heterocycles. The Bertz CT molecular complexity index is 431. The van der Waals surface area contributed by atoms with Gasteiger partial charge in [-0.25, -0.2) is 4.79 Å². The molecule has 0 aromatic carbocycles. The number of amides is 1. The Labute approximate surface area is 109 Å². The van der Waals surface area contributed by atoms with E-state index < -0.39 is 12.0 Å². The van der Waals surface area contributed by atoms with Crippen LogP contribution in [-0.4, -0.2) is 47.7 Å². The first-order chi connectivity index (χ1) is 8.61. The monoisotopic (exact) mass is 269 g/mol. The van der Waals surface area contributed by atoms with Crippen LogP contribution in [0.15, 0.2) is 17.5 Å². The maximum atomic E-state index is 12.3. The number of hydrogen-bond donors (Lipinski definition) is 1. The van der Waals surface area contributed by atoms with Gasteiger partial charge in [-0.15, -0.1) is 11.3 Å². The van der Waals surface area contributed by atoms with Crippen molar-refractivity contribution >= 4 is 23.2 Å². The summed E-state index contributed by atoms with van der Waals surface area (Å²) in [5.41, 5.74) is 0. The summed E-state index contributed by atoms with van der Waals surface area (Å²) in [4.78, 5) is 25.8. The SMILES string of the molecule is C[C@H](C(=O)N1CCOC[C@@H]1C(=O)O)c1cccs1. The number of ether oxygens (including phenoxy) is 1. The third-order valence-corrected chi connectivity index (χ3v) is 4.09. The Kier molecular flexibility index (Phi) is 3.98.